The highest BCUT2D eigenvalue weighted by molar-refractivity contribution is 5.95. The number of nitrogens with zero attached hydrogens (tertiary/aromatic N) is 1. The van der Waals surface area contributed by atoms with E-state index >= 15 is 0 Å². The third-order valence-corrected chi connectivity index (χ3v) is 4.47. The first-order chi connectivity index (χ1) is 8.83. The first-order valence-electron chi connectivity index (χ1n) is 7.15. The highest BCUT2D eigenvalue weighted by Gasteiger charge is 2.36. The lowest BCUT2D eigenvalue weighted by atomic mass is 10.1. The molecule has 3 rings (SSSR count). The van der Waals surface area contributed by atoms with Gasteiger partial charge in [0.25, 0.3) is 0 Å². The molecule has 0 spiro atoms. The van der Waals surface area contributed by atoms with Crippen molar-refractivity contribution < 1.29 is 4.79 Å². The quantitative estimate of drug-likeness (QED) is 0.740. The predicted molar refractivity (Wildman–Crippen MR) is 72.7 cm³/mol. The lowest BCUT2D eigenvalue weighted by Gasteiger charge is -2.26. The van der Waals surface area contributed by atoms with Crippen molar-refractivity contribution in [2.24, 2.45) is 5.92 Å². The summed E-state index contributed by atoms with van der Waals surface area (Å²) in [5.74, 6) is 1.25. The molecule has 2 heteroatoms. The van der Waals surface area contributed by atoms with E-state index < -0.39 is 0 Å². The third kappa shape index (κ3) is 2.49. The van der Waals surface area contributed by atoms with Gasteiger partial charge in [-0.05, 0) is 38.1 Å². The Morgan fingerprint density at radius 1 is 1.22 bits per heavy atom. The van der Waals surface area contributed by atoms with Crippen LogP contribution in [0.3, 0.4) is 0 Å². The molecule has 1 saturated heterocycles. The highest BCUT2D eigenvalue weighted by Crippen LogP contribution is 2.37. The summed E-state index contributed by atoms with van der Waals surface area (Å²) in [5, 5.41) is 0. The van der Waals surface area contributed by atoms with Crippen molar-refractivity contribution in [1.82, 2.24) is 4.90 Å². The molecule has 1 aliphatic heterocycles. The van der Waals surface area contributed by atoms with Crippen LogP contribution in [0.2, 0.25) is 0 Å². The van der Waals surface area contributed by atoms with E-state index in [9.17, 15) is 4.79 Å². The summed E-state index contributed by atoms with van der Waals surface area (Å²) in [7, 11) is 0. The lowest BCUT2D eigenvalue weighted by molar-refractivity contribution is 0.0971. The second-order valence-electron chi connectivity index (χ2n) is 5.72. The number of ketones is 1. The zero-order chi connectivity index (χ0) is 12.4. The molecule has 2 aliphatic rings. The molecule has 18 heavy (non-hydrogen) atoms. The molecule has 0 radical (unpaired) electrons. The van der Waals surface area contributed by atoms with Gasteiger partial charge in [-0.2, -0.15) is 0 Å². The van der Waals surface area contributed by atoms with Crippen LogP contribution in [0.1, 0.15) is 42.5 Å². The molecule has 0 N–H and O–H groups in total. The van der Waals surface area contributed by atoms with Gasteiger partial charge in [0, 0.05) is 24.6 Å². The average molecular weight is 243 g/mol. The van der Waals surface area contributed by atoms with E-state index in [1.807, 2.05) is 30.3 Å². The van der Waals surface area contributed by atoms with Gasteiger partial charge >= 0.3 is 0 Å². The number of likely N-dealkylation sites (tertiary alicyclic amines) is 1. The van der Waals surface area contributed by atoms with Gasteiger partial charge in [-0.1, -0.05) is 30.3 Å². The van der Waals surface area contributed by atoms with Crippen molar-refractivity contribution >= 4 is 5.78 Å². The van der Waals surface area contributed by atoms with E-state index in [0.29, 0.717) is 12.2 Å². The molecule has 96 valence electrons. The molecule has 1 heterocycles. The fourth-order valence-corrected chi connectivity index (χ4v) is 3.51. The Morgan fingerprint density at radius 2 is 2.06 bits per heavy atom. The van der Waals surface area contributed by atoms with E-state index in [1.165, 1.54) is 25.8 Å². The number of hydrogen-bond acceptors (Lipinski definition) is 2. The largest absolute Gasteiger partial charge is 0.300 e. The maximum absolute atomic E-state index is 12.0. The van der Waals surface area contributed by atoms with Gasteiger partial charge in [-0.15, -0.1) is 0 Å². The Morgan fingerprint density at radius 3 is 2.72 bits per heavy atom. The predicted octanol–water partition coefficient (Wildman–Crippen LogP) is 3.13. The molecular formula is C16H21NO. The van der Waals surface area contributed by atoms with Gasteiger partial charge in [0.05, 0.1) is 0 Å². The van der Waals surface area contributed by atoms with Crippen molar-refractivity contribution in [2.45, 2.75) is 38.1 Å². The summed E-state index contributed by atoms with van der Waals surface area (Å²) in [4.78, 5) is 14.6. The molecule has 1 aromatic carbocycles. The molecular weight excluding hydrogens is 222 g/mol. The second kappa shape index (κ2) is 5.23. The van der Waals surface area contributed by atoms with Gasteiger partial charge in [0.2, 0.25) is 0 Å². The topological polar surface area (TPSA) is 20.3 Å². The van der Waals surface area contributed by atoms with Crippen LogP contribution >= 0.6 is 0 Å². The molecule has 1 aromatic rings. The maximum Gasteiger partial charge on any atom is 0.162 e. The molecule has 0 aromatic heterocycles. The molecule has 1 aliphatic carbocycles. The highest BCUT2D eigenvalue weighted by atomic mass is 16.1. The molecule has 1 saturated carbocycles. The second-order valence-corrected chi connectivity index (χ2v) is 5.72. The van der Waals surface area contributed by atoms with Crippen LogP contribution in [-0.4, -0.2) is 29.8 Å². The van der Waals surface area contributed by atoms with Gasteiger partial charge in [0.15, 0.2) is 5.78 Å². The van der Waals surface area contributed by atoms with Crippen LogP contribution in [0, 0.1) is 5.92 Å². The molecule has 0 amide bonds. The zero-order valence-electron chi connectivity index (χ0n) is 10.8. The Hall–Kier alpha value is -1.15. The summed E-state index contributed by atoms with van der Waals surface area (Å²) < 4.78 is 0. The Kier molecular flexibility index (Phi) is 3.46. The Balaban J connectivity index is 1.44. The van der Waals surface area contributed by atoms with Crippen molar-refractivity contribution in [2.75, 3.05) is 13.1 Å². The number of carbonyl (C=O) groups excluding carboxylic acids is 1. The first-order valence-corrected chi connectivity index (χ1v) is 7.15. The summed E-state index contributed by atoms with van der Waals surface area (Å²) >= 11 is 0. The van der Waals surface area contributed by atoms with Crippen molar-refractivity contribution in [3.63, 3.8) is 0 Å². The monoisotopic (exact) mass is 243 g/mol. The summed E-state index contributed by atoms with van der Waals surface area (Å²) in [6.07, 6.45) is 5.93. The van der Waals surface area contributed by atoms with E-state index in [1.54, 1.807) is 0 Å². The van der Waals surface area contributed by atoms with Crippen LogP contribution < -0.4 is 0 Å². The summed E-state index contributed by atoms with van der Waals surface area (Å²) in [6, 6.07) is 10.5. The normalized spacial score (nSPS) is 26.7. The van der Waals surface area contributed by atoms with Gasteiger partial charge in [-0.3, -0.25) is 4.79 Å². The van der Waals surface area contributed by atoms with Gasteiger partial charge in [0.1, 0.15) is 0 Å². The van der Waals surface area contributed by atoms with Gasteiger partial charge in [-0.25, -0.2) is 0 Å². The summed E-state index contributed by atoms with van der Waals surface area (Å²) in [6.45, 7) is 2.39. The Labute approximate surface area is 109 Å². The molecule has 2 unspecified atom stereocenters. The van der Waals surface area contributed by atoms with Crippen molar-refractivity contribution in [3.05, 3.63) is 35.9 Å². The van der Waals surface area contributed by atoms with Crippen LogP contribution in [0.5, 0.6) is 0 Å². The maximum atomic E-state index is 12.0. The number of Topliss-reactive ketones (excluding diaryl/α,β-unsaturated/α-hetero) is 1. The fourth-order valence-electron chi connectivity index (χ4n) is 3.51. The number of carbonyl (C=O) groups is 1. The lowest BCUT2D eigenvalue weighted by Crippen LogP contribution is -2.33. The van der Waals surface area contributed by atoms with Crippen LogP contribution in [0.25, 0.3) is 0 Å². The van der Waals surface area contributed by atoms with E-state index in [4.69, 9.17) is 0 Å². The van der Waals surface area contributed by atoms with E-state index in [2.05, 4.69) is 4.90 Å². The SMILES string of the molecule is O=C(CCCN1CC2CCC1C2)c1ccccc1. The standard InChI is InChI=1S/C16H21NO/c18-16(14-5-2-1-3-6-14)7-4-10-17-12-13-8-9-15(17)11-13/h1-3,5-6,13,15H,4,7-12H2. The third-order valence-electron chi connectivity index (χ3n) is 4.47. The van der Waals surface area contributed by atoms with Crippen molar-refractivity contribution in [3.8, 4) is 0 Å². The Bertz CT molecular complexity index is 414. The minimum Gasteiger partial charge on any atom is -0.300 e. The smallest absolute Gasteiger partial charge is 0.162 e. The first kappa shape index (κ1) is 11.9. The van der Waals surface area contributed by atoms with E-state index in [-0.39, 0.29) is 0 Å². The zero-order valence-corrected chi connectivity index (χ0v) is 10.8. The molecule has 2 fully saturated rings. The number of hydrogen-bond donors (Lipinski definition) is 0. The summed E-state index contributed by atoms with van der Waals surface area (Å²) in [5.41, 5.74) is 0.862. The molecule has 2 atom stereocenters. The fraction of sp³-hybridized carbons (Fsp3) is 0.562. The molecule has 2 nitrogen and oxygen atoms in total. The minimum atomic E-state index is 0.292. The number of benzene rings is 1. The van der Waals surface area contributed by atoms with Gasteiger partial charge < -0.3 is 4.90 Å². The average Bonchev–Trinajstić information content (AvgIpc) is 3.02. The van der Waals surface area contributed by atoms with Crippen LogP contribution in [0.15, 0.2) is 30.3 Å². The minimum absolute atomic E-state index is 0.292. The number of piperidine rings is 1. The van der Waals surface area contributed by atoms with Crippen LogP contribution in [-0.2, 0) is 0 Å². The number of rotatable bonds is 5. The van der Waals surface area contributed by atoms with Crippen molar-refractivity contribution in [1.29, 1.82) is 0 Å². The van der Waals surface area contributed by atoms with Crippen LogP contribution in [0.4, 0.5) is 0 Å². The number of fused-ring (bicyclic) bond motifs is 2. The van der Waals surface area contributed by atoms with E-state index in [0.717, 1.165) is 30.5 Å². The molecule has 2 bridgehead atoms.